The summed E-state index contributed by atoms with van der Waals surface area (Å²) >= 11 is 4.54. The average Bonchev–Trinajstić information content (AvgIpc) is 3.09. The quantitative estimate of drug-likeness (QED) is 0.446. The Hall–Kier alpha value is -3.18. The predicted octanol–water partition coefficient (Wildman–Crippen LogP) is 4.64. The van der Waals surface area contributed by atoms with E-state index in [0.29, 0.717) is 5.69 Å². The number of carbonyl (C=O) groups excluding carboxylic acids is 1. The van der Waals surface area contributed by atoms with Crippen LogP contribution in [0.15, 0.2) is 52.3 Å². The second-order valence-corrected chi connectivity index (χ2v) is 7.03. The summed E-state index contributed by atoms with van der Waals surface area (Å²) in [7, 11) is 0. The van der Waals surface area contributed by atoms with Crippen molar-refractivity contribution in [1.29, 1.82) is 0 Å². The van der Waals surface area contributed by atoms with Gasteiger partial charge in [0.05, 0.1) is 27.2 Å². The molecule has 0 aliphatic carbocycles. The van der Waals surface area contributed by atoms with Crippen molar-refractivity contribution < 1.29 is 14.6 Å². The van der Waals surface area contributed by atoms with Crippen LogP contribution >= 0.6 is 27.3 Å². The van der Waals surface area contributed by atoms with Crippen molar-refractivity contribution in [3.8, 4) is 11.3 Å². The molecular weight excluding hydrogens is 440 g/mol. The number of carbonyl (C=O) groups is 1. The molecule has 0 radical (unpaired) electrons. The van der Waals surface area contributed by atoms with Gasteiger partial charge in [-0.3, -0.25) is 30.3 Å². The predicted molar refractivity (Wildman–Crippen MR) is 103 cm³/mol. The fraction of sp³-hybridized carbons (Fsp3) is 0. The molecule has 0 atom stereocenters. The number of hydrogen-bond acceptors (Lipinski definition) is 7. The molecular formula is C16H9BrN4O5S. The highest BCUT2D eigenvalue weighted by Gasteiger charge is 2.20. The van der Waals surface area contributed by atoms with E-state index in [0.717, 1.165) is 28.2 Å². The van der Waals surface area contributed by atoms with E-state index in [1.807, 2.05) is 24.3 Å². The van der Waals surface area contributed by atoms with Crippen LogP contribution in [-0.2, 0) is 0 Å². The van der Waals surface area contributed by atoms with Gasteiger partial charge in [-0.05, 0) is 12.1 Å². The van der Waals surface area contributed by atoms with Crippen LogP contribution in [0.2, 0.25) is 0 Å². The lowest BCUT2D eigenvalue weighted by Crippen LogP contribution is -2.12. The molecule has 0 bridgehead atoms. The van der Waals surface area contributed by atoms with Crippen LogP contribution in [0, 0.1) is 20.2 Å². The molecule has 0 saturated heterocycles. The third kappa shape index (κ3) is 4.33. The molecule has 1 heterocycles. The van der Waals surface area contributed by atoms with Crippen LogP contribution in [0.25, 0.3) is 11.3 Å². The Morgan fingerprint density at radius 3 is 2.33 bits per heavy atom. The van der Waals surface area contributed by atoms with Crippen LogP contribution in [0.4, 0.5) is 16.5 Å². The standard InChI is InChI=1S/C16H9BrN4O5S/c17-11-3-1-2-9(4-11)14-8-27-16(18-14)19-15(22)10-5-12(20(23)24)7-13(6-10)21(25)26/h1-8H,(H,18,19,22). The van der Waals surface area contributed by atoms with E-state index in [4.69, 9.17) is 0 Å². The normalized spacial score (nSPS) is 10.4. The Balaban J connectivity index is 1.86. The summed E-state index contributed by atoms with van der Waals surface area (Å²) in [5.41, 5.74) is 0.204. The second-order valence-electron chi connectivity index (χ2n) is 5.25. The molecule has 0 unspecified atom stereocenters. The first-order chi connectivity index (χ1) is 12.8. The highest BCUT2D eigenvalue weighted by atomic mass is 79.9. The smallest absolute Gasteiger partial charge is 0.277 e. The molecule has 0 fully saturated rings. The monoisotopic (exact) mass is 448 g/mol. The molecule has 0 spiro atoms. The molecule has 0 aliphatic heterocycles. The molecule has 3 rings (SSSR count). The van der Waals surface area contributed by atoms with E-state index >= 15 is 0 Å². The van der Waals surface area contributed by atoms with Gasteiger partial charge in [-0.2, -0.15) is 0 Å². The zero-order chi connectivity index (χ0) is 19.6. The zero-order valence-electron chi connectivity index (χ0n) is 13.3. The first-order valence-corrected chi connectivity index (χ1v) is 8.97. The van der Waals surface area contributed by atoms with E-state index in [1.54, 1.807) is 5.38 Å². The fourth-order valence-corrected chi connectivity index (χ4v) is 3.33. The number of amides is 1. The van der Waals surface area contributed by atoms with Crippen molar-refractivity contribution in [2.45, 2.75) is 0 Å². The number of rotatable bonds is 5. The molecule has 136 valence electrons. The van der Waals surface area contributed by atoms with E-state index in [9.17, 15) is 25.0 Å². The van der Waals surface area contributed by atoms with Gasteiger partial charge in [0.1, 0.15) is 0 Å². The van der Waals surface area contributed by atoms with Gasteiger partial charge < -0.3 is 0 Å². The minimum atomic E-state index is -0.793. The van der Waals surface area contributed by atoms with Gasteiger partial charge in [-0.15, -0.1) is 11.3 Å². The molecule has 2 aromatic carbocycles. The largest absolute Gasteiger partial charge is 0.298 e. The van der Waals surface area contributed by atoms with Crippen LogP contribution in [0.5, 0.6) is 0 Å². The third-order valence-corrected chi connectivity index (χ3v) is 4.68. The molecule has 0 aliphatic rings. The number of nitro benzene ring substituents is 2. The van der Waals surface area contributed by atoms with Crippen LogP contribution in [0.1, 0.15) is 10.4 Å². The van der Waals surface area contributed by atoms with Gasteiger partial charge in [-0.25, -0.2) is 4.98 Å². The molecule has 11 heteroatoms. The summed E-state index contributed by atoms with van der Waals surface area (Å²) in [5, 5.41) is 26.4. The number of nitrogens with one attached hydrogen (secondary N) is 1. The minimum Gasteiger partial charge on any atom is -0.298 e. The van der Waals surface area contributed by atoms with Crippen LogP contribution in [-0.4, -0.2) is 20.7 Å². The maximum absolute atomic E-state index is 12.4. The average molecular weight is 449 g/mol. The van der Waals surface area contributed by atoms with Gasteiger partial charge in [0.25, 0.3) is 17.3 Å². The molecule has 1 aromatic heterocycles. The van der Waals surface area contributed by atoms with E-state index < -0.39 is 27.1 Å². The maximum Gasteiger partial charge on any atom is 0.277 e. The lowest BCUT2D eigenvalue weighted by Gasteiger charge is -2.02. The topological polar surface area (TPSA) is 128 Å². The number of halogens is 1. The number of aromatic nitrogens is 1. The van der Waals surface area contributed by atoms with Crippen molar-refractivity contribution in [2.24, 2.45) is 0 Å². The minimum absolute atomic E-state index is 0.199. The van der Waals surface area contributed by atoms with Gasteiger partial charge in [0, 0.05) is 27.5 Å². The van der Waals surface area contributed by atoms with Crippen molar-refractivity contribution >= 4 is 49.7 Å². The van der Waals surface area contributed by atoms with Gasteiger partial charge >= 0.3 is 0 Å². The Bertz CT molecular complexity index is 1040. The Labute approximate surface area is 164 Å². The van der Waals surface area contributed by atoms with Crippen LogP contribution < -0.4 is 5.32 Å². The first kappa shape index (κ1) is 18.6. The second kappa shape index (κ2) is 7.60. The Morgan fingerprint density at radius 2 is 1.74 bits per heavy atom. The summed E-state index contributed by atoms with van der Waals surface area (Å²) < 4.78 is 0.877. The maximum atomic E-state index is 12.4. The summed E-state index contributed by atoms with van der Waals surface area (Å²) in [6, 6.07) is 10.2. The summed E-state index contributed by atoms with van der Waals surface area (Å²) in [5.74, 6) is -0.725. The molecule has 9 nitrogen and oxygen atoms in total. The lowest BCUT2D eigenvalue weighted by atomic mass is 10.1. The Morgan fingerprint density at radius 1 is 1.07 bits per heavy atom. The third-order valence-electron chi connectivity index (χ3n) is 3.43. The van der Waals surface area contributed by atoms with Crippen molar-refractivity contribution in [3.63, 3.8) is 0 Å². The van der Waals surface area contributed by atoms with Crippen molar-refractivity contribution in [3.05, 3.63) is 78.1 Å². The number of benzene rings is 2. The van der Waals surface area contributed by atoms with Gasteiger partial charge in [0.15, 0.2) is 5.13 Å². The fourth-order valence-electron chi connectivity index (χ4n) is 2.22. The number of anilines is 1. The molecule has 1 amide bonds. The molecule has 0 saturated carbocycles. The van der Waals surface area contributed by atoms with E-state index in [1.165, 1.54) is 11.3 Å². The molecule has 3 aromatic rings. The van der Waals surface area contributed by atoms with Crippen LogP contribution in [0.3, 0.4) is 0 Å². The van der Waals surface area contributed by atoms with Crippen molar-refractivity contribution in [2.75, 3.05) is 5.32 Å². The summed E-state index contributed by atoms with van der Waals surface area (Å²) in [6.07, 6.45) is 0. The summed E-state index contributed by atoms with van der Waals surface area (Å²) in [6.45, 7) is 0. The molecule has 1 N–H and O–H groups in total. The SMILES string of the molecule is O=C(Nc1nc(-c2cccc(Br)c2)cs1)c1cc([N+](=O)[O-])cc([N+](=O)[O-])c1. The number of non-ortho nitro benzene ring substituents is 2. The van der Waals surface area contributed by atoms with Gasteiger partial charge in [-0.1, -0.05) is 28.1 Å². The number of nitro groups is 2. The van der Waals surface area contributed by atoms with E-state index in [-0.39, 0.29) is 10.7 Å². The zero-order valence-corrected chi connectivity index (χ0v) is 15.7. The number of nitrogens with zero attached hydrogens (tertiary/aromatic N) is 3. The Kier molecular flexibility index (Phi) is 5.23. The number of hydrogen-bond donors (Lipinski definition) is 1. The number of thiazole rings is 1. The van der Waals surface area contributed by atoms with E-state index in [2.05, 4.69) is 26.2 Å². The first-order valence-electron chi connectivity index (χ1n) is 7.30. The highest BCUT2D eigenvalue weighted by Crippen LogP contribution is 2.28. The van der Waals surface area contributed by atoms with Gasteiger partial charge in [0.2, 0.25) is 0 Å². The lowest BCUT2D eigenvalue weighted by molar-refractivity contribution is -0.394. The van der Waals surface area contributed by atoms with Crippen molar-refractivity contribution in [1.82, 2.24) is 4.98 Å². The molecule has 27 heavy (non-hydrogen) atoms. The highest BCUT2D eigenvalue weighted by molar-refractivity contribution is 9.10. The summed E-state index contributed by atoms with van der Waals surface area (Å²) in [4.78, 5) is 36.9.